The lowest BCUT2D eigenvalue weighted by atomic mass is 10.2. The number of aromatic nitrogens is 2. The Labute approximate surface area is 84.2 Å². The zero-order chi connectivity index (χ0) is 8.55. The predicted octanol–water partition coefficient (Wildman–Crippen LogP) is 2.54. The molecule has 2 nitrogen and oxygen atoms in total. The highest BCUT2D eigenvalue weighted by Crippen LogP contribution is 2.14. The lowest BCUT2D eigenvalue weighted by Gasteiger charge is -1.99. The van der Waals surface area contributed by atoms with Gasteiger partial charge < -0.3 is 0 Å². The Kier molecular flexibility index (Phi) is 1.96. The van der Waals surface area contributed by atoms with Crippen LogP contribution in [0.1, 0.15) is 5.69 Å². The van der Waals surface area contributed by atoms with E-state index in [0.29, 0.717) is 0 Å². The number of fused-ring (bicyclic) bond motifs is 1. The second-order valence-corrected chi connectivity index (χ2v) is 3.56. The molecular weight excluding hydrogens is 263 g/mol. The lowest BCUT2D eigenvalue weighted by molar-refractivity contribution is 1.10. The first-order chi connectivity index (χ1) is 5.77. The molecule has 1 aromatic carbocycles. The van der Waals surface area contributed by atoms with Crippen molar-refractivity contribution in [2.24, 2.45) is 0 Å². The molecule has 0 N–H and O–H groups in total. The summed E-state index contributed by atoms with van der Waals surface area (Å²) in [6.07, 6.45) is 0. The van der Waals surface area contributed by atoms with E-state index in [1.807, 2.05) is 31.2 Å². The number of hydrogen-bond acceptors (Lipinski definition) is 2. The minimum Gasteiger partial charge on any atom is -0.228 e. The number of hydrogen-bond donors (Lipinski definition) is 0. The molecule has 0 amide bonds. The zero-order valence-electron chi connectivity index (χ0n) is 6.58. The zero-order valence-corrected chi connectivity index (χ0v) is 8.74. The Morgan fingerprint density at radius 3 is 2.75 bits per heavy atom. The van der Waals surface area contributed by atoms with Gasteiger partial charge in [0.25, 0.3) is 0 Å². The summed E-state index contributed by atoms with van der Waals surface area (Å²) in [5, 5.41) is 1.14. The quantitative estimate of drug-likeness (QED) is 0.543. The van der Waals surface area contributed by atoms with Gasteiger partial charge in [-0.25, -0.2) is 9.97 Å². The molecule has 1 aromatic heterocycles. The van der Waals surface area contributed by atoms with Crippen LogP contribution in [0.2, 0.25) is 0 Å². The number of nitrogens with zero attached hydrogens (tertiary/aromatic N) is 2. The van der Waals surface area contributed by atoms with Crippen LogP contribution in [0.3, 0.4) is 0 Å². The van der Waals surface area contributed by atoms with Gasteiger partial charge >= 0.3 is 0 Å². The average Bonchev–Trinajstić information content (AvgIpc) is 2.04. The van der Waals surface area contributed by atoms with E-state index >= 15 is 0 Å². The Hall–Kier alpha value is -0.710. The summed E-state index contributed by atoms with van der Waals surface area (Å²) in [6, 6.07) is 8.04. The average molecular weight is 270 g/mol. The van der Waals surface area contributed by atoms with Gasteiger partial charge in [0.1, 0.15) is 0 Å². The van der Waals surface area contributed by atoms with Crippen molar-refractivity contribution in [3.05, 3.63) is 33.8 Å². The Morgan fingerprint density at radius 1 is 1.17 bits per heavy atom. The van der Waals surface area contributed by atoms with Crippen molar-refractivity contribution in [3.8, 4) is 0 Å². The number of rotatable bonds is 0. The van der Waals surface area contributed by atoms with Gasteiger partial charge in [-0.05, 0) is 13.0 Å². The standard InChI is InChI=1S/C9H7IN2/c1-6-7-4-2-3-5-8(7)12-9(10)11-6/h2-5H,1H3. The summed E-state index contributed by atoms with van der Waals surface area (Å²) in [4.78, 5) is 8.59. The highest BCUT2D eigenvalue weighted by atomic mass is 127. The van der Waals surface area contributed by atoms with Gasteiger partial charge in [0.2, 0.25) is 0 Å². The van der Waals surface area contributed by atoms with Crippen molar-refractivity contribution in [3.63, 3.8) is 0 Å². The fourth-order valence-electron chi connectivity index (χ4n) is 1.20. The molecule has 0 spiro atoms. The first-order valence-electron chi connectivity index (χ1n) is 3.66. The van der Waals surface area contributed by atoms with Crippen LogP contribution in [0.25, 0.3) is 10.9 Å². The van der Waals surface area contributed by atoms with Crippen molar-refractivity contribution in [2.75, 3.05) is 0 Å². The molecule has 0 saturated heterocycles. The van der Waals surface area contributed by atoms with E-state index in [1.54, 1.807) is 0 Å². The van der Waals surface area contributed by atoms with Crippen LogP contribution in [0.4, 0.5) is 0 Å². The first kappa shape index (κ1) is 7.91. The first-order valence-corrected chi connectivity index (χ1v) is 4.74. The third-order valence-electron chi connectivity index (χ3n) is 1.77. The highest BCUT2D eigenvalue weighted by Gasteiger charge is 1.99. The third-order valence-corrected chi connectivity index (χ3v) is 2.25. The third kappa shape index (κ3) is 1.29. The molecule has 3 heteroatoms. The number of aryl methyl sites for hydroxylation is 1. The predicted molar refractivity (Wildman–Crippen MR) is 57.0 cm³/mol. The van der Waals surface area contributed by atoms with Gasteiger partial charge in [-0.15, -0.1) is 0 Å². The van der Waals surface area contributed by atoms with E-state index in [-0.39, 0.29) is 0 Å². The van der Waals surface area contributed by atoms with Crippen LogP contribution >= 0.6 is 22.6 Å². The van der Waals surface area contributed by atoms with Crippen molar-refractivity contribution < 1.29 is 0 Å². The Balaban J connectivity index is 2.89. The fourth-order valence-corrected chi connectivity index (χ4v) is 1.82. The SMILES string of the molecule is Cc1nc(I)nc2ccccc12. The van der Waals surface area contributed by atoms with Crippen molar-refractivity contribution in [2.45, 2.75) is 6.92 Å². The maximum Gasteiger partial charge on any atom is 0.191 e. The lowest BCUT2D eigenvalue weighted by Crippen LogP contribution is -1.91. The van der Waals surface area contributed by atoms with E-state index in [2.05, 4.69) is 32.6 Å². The molecular formula is C9H7IN2. The topological polar surface area (TPSA) is 25.8 Å². The summed E-state index contributed by atoms with van der Waals surface area (Å²) in [5.74, 6) is 0. The maximum atomic E-state index is 4.31. The summed E-state index contributed by atoms with van der Waals surface area (Å²) in [5.41, 5.74) is 2.07. The molecule has 0 aliphatic heterocycles. The summed E-state index contributed by atoms with van der Waals surface area (Å²) >= 11 is 2.13. The second kappa shape index (κ2) is 2.97. The molecule has 0 fully saturated rings. The van der Waals surface area contributed by atoms with Gasteiger partial charge in [0, 0.05) is 33.7 Å². The van der Waals surface area contributed by atoms with Crippen LogP contribution < -0.4 is 0 Å². The highest BCUT2D eigenvalue weighted by molar-refractivity contribution is 14.1. The molecule has 2 aromatic rings. The molecule has 0 saturated carbocycles. The number of benzene rings is 1. The number of para-hydroxylation sites is 1. The van der Waals surface area contributed by atoms with Crippen molar-refractivity contribution in [1.82, 2.24) is 9.97 Å². The van der Waals surface area contributed by atoms with Crippen LogP contribution in [0, 0.1) is 10.8 Å². The van der Waals surface area contributed by atoms with E-state index < -0.39 is 0 Å². The molecule has 0 aliphatic carbocycles. The minimum atomic E-state index is 0.809. The fraction of sp³-hybridized carbons (Fsp3) is 0.111. The van der Waals surface area contributed by atoms with Gasteiger partial charge in [-0.1, -0.05) is 18.2 Å². The maximum absolute atomic E-state index is 4.31. The molecule has 12 heavy (non-hydrogen) atoms. The molecule has 0 unspecified atom stereocenters. The van der Waals surface area contributed by atoms with Crippen molar-refractivity contribution >= 4 is 33.5 Å². The Bertz CT molecular complexity index is 426. The van der Waals surface area contributed by atoms with Crippen molar-refractivity contribution in [1.29, 1.82) is 0 Å². The molecule has 0 radical (unpaired) electrons. The van der Waals surface area contributed by atoms with Gasteiger partial charge in [-0.3, -0.25) is 0 Å². The second-order valence-electron chi connectivity index (χ2n) is 2.60. The van der Waals surface area contributed by atoms with Gasteiger partial charge in [-0.2, -0.15) is 0 Å². The molecule has 0 aliphatic rings. The van der Waals surface area contributed by atoms with Crippen LogP contribution in [-0.2, 0) is 0 Å². The smallest absolute Gasteiger partial charge is 0.191 e. The largest absolute Gasteiger partial charge is 0.228 e. The van der Waals surface area contributed by atoms with Gasteiger partial charge in [0.15, 0.2) is 3.83 Å². The summed E-state index contributed by atoms with van der Waals surface area (Å²) in [6.45, 7) is 2.01. The molecule has 60 valence electrons. The molecule has 2 rings (SSSR count). The molecule has 0 bridgehead atoms. The van der Waals surface area contributed by atoms with Crippen LogP contribution in [0.15, 0.2) is 24.3 Å². The van der Waals surface area contributed by atoms with Crippen LogP contribution in [0.5, 0.6) is 0 Å². The van der Waals surface area contributed by atoms with E-state index in [0.717, 1.165) is 20.4 Å². The molecule has 1 heterocycles. The van der Waals surface area contributed by atoms with Gasteiger partial charge in [0.05, 0.1) is 5.52 Å². The van der Waals surface area contributed by atoms with E-state index in [9.17, 15) is 0 Å². The monoisotopic (exact) mass is 270 g/mol. The van der Waals surface area contributed by atoms with E-state index in [1.165, 1.54) is 0 Å². The van der Waals surface area contributed by atoms with E-state index in [4.69, 9.17) is 0 Å². The summed E-state index contributed by atoms with van der Waals surface area (Å²) < 4.78 is 0.809. The van der Waals surface area contributed by atoms with Crippen LogP contribution in [-0.4, -0.2) is 9.97 Å². The Morgan fingerprint density at radius 2 is 1.92 bits per heavy atom. The molecule has 0 atom stereocenters. The number of halogens is 1. The summed E-state index contributed by atoms with van der Waals surface area (Å²) in [7, 11) is 0. The minimum absolute atomic E-state index is 0.809. The normalized spacial score (nSPS) is 10.5.